The van der Waals surface area contributed by atoms with Gasteiger partial charge in [0.15, 0.2) is 0 Å². The van der Waals surface area contributed by atoms with Gasteiger partial charge in [0, 0.05) is 6.07 Å². The van der Waals surface area contributed by atoms with Crippen LogP contribution in [0.3, 0.4) is 0 Å². The molecular weight excluding hydrogens is 274 g/mol. The second-order valence-electron chi connectivity index (χ2n) is 2.79. The van der Waals surface area contributed by atoms with E-state index >= 15 is 0 Å². The molecule has 0 aromatic carbocycles. The maximum atomic E-state index is 12.7. The third kappa shape index (κ3) is 3.21. The van der Waals surface area contributed by atoms with Gasteiger partial charge in [-0.1, -0.05) is 0 Å². The van der Waals surface area contributed by atoms with E-state index in [0.29, 0.717) is 0 Å². The first kappa shape index (κ1) is 14.0. The fourth-order valence-corrected chi connectivity index (χ4v) is 1.03. The van der Waals surface area contributed by atoms with Gasteiger partial charge in [-0.3, -0.25) is 10.1 Å². The predicted molar refractivity (Wildman–Crippen MR) is 42.5 cm³/mol. The number of alkyl halides is 5. The molecule has 0 spiro atoms. The lowest BCUT2D eigenvalue weighted by molar-refractivity contribution is -0.390. The van der Waals surface area contributed by atoms with Crippen LogP contribution in [0.1, 0.15) is 12.0 Å². The van der Waals surface area contributed by atoms with Crippen LogP contribution in [0, 0.1) is 16.1 Å². The van der Waals surface area contributed by atoms with Crippen molar-refractivity contribution in [1.29, 1.82) is 0 Å². The lowest BCUT2D eigenvalue weighted by Crippen LogP contribution is -2.19. The minimum absolute atomic E-state index is 0.0357. The molecule has 1 aromatic heterocycles. The molecule has 0 bridgehead atoms. The Labute approximate surface area is 94.1 Å². The van der Waals surface area contributed by atoms with Crippen LogP contribution in [0.15, 0.2) is 6.07 Å². The van der Waals surface area contributed by atoms with Crippen molar-refractivity contribution in [2.24, 2.45) is 0 Å². The zero-order valence-electron chi connectivity index (χ0n) is 8.04. The lowest BCUT2D eigenvalue weighted by atomic mass is 10.2. The normalized spacial score (nSPS) is 11.7. The molecular formula is C7H2F6N2O3. The average molecular weight is 276 g/mol. The molecule has 0 aliphatic carbocycles. The van der Waals surface area contributed by atoms with Crippen LogP contribution < -0.4 is 4.74 Å². The van der Waals surface area contributed by atoms with Gasteiger partial charge >= 0.3 is 17.9 Å². The quantitative estimate of drug-likeness (QED) is 0.368. The maximum Gasteiger partial charge on any atom is 0.574 e. The molecule has 0 aliphatic heterocycles. The highest BCUT2D eigenvalue weighted by atomic mass is 19.4. The number of ether oxygens (including phenoxy) is 1. The summed E-state index contributed by atoms with van der Waals surface area (Å²) in [5, 5.41) is 10.4. The molecule has 11 heteroatoms. The van der Waals surface area contributed by atoms with Gasteiger partial charge in [0.1, 0.15) is 5.56 Å². The summed E-state index contributed by atoms with van der Waals surface area (Å²) < 4.78 is 76.0. The number of nitro groups is 1. The Morgan fingerprint density at radius 1 is 1.39 bits per heavy atom. The Morgan fingerprint density at radius 3 is 2.33 bits per heavy atom. The average Bonchev–Trinajstić information content (AvgIpc) is 2.12. The molecule has 0 fully saturated rings. The van der Waals surface area contributed by atoms with Crippen LogP contribution in [0.25, 0.3) is 0 Å². The van der Waals surface area contributed by atoms with Crippen molar-refractivity contribution in [2.45, 2.75) is 12.8 Å². The minimum atomic E-state index is -5.43. The Bertz CT molecular complexity index is 475. The Morgan fingerprint density at radius 2 is 1.94 bits per heavy atom. The van der Waals surface area contributed by atoms with Crippen molar-refractivity contribution >= 4 is 5.69 Å². The topological polar surface area (TPSA) is 65.3 Å². The van der Waals surface area contributed by atoms with Crippen LogP contribution in [0.4, 0.5) is 32.0 Å². The first-order valence-electron chi connectivity index (χ1n) is 4.00. The van der Waals surface area contributed by atoms with Gasteiger partial charge in [0.05, 0.1) is 4.92 Å². The smallest absolute Gasteiger partial charge is 0.380 e. The molecule has 0 amide bonds. The van der Waals surface area contributed by atoms with E-state index in [1.807, 2.05) is 0 Å². The number of hydrogen-bond donors (Lipinski definition) is 0. The van der Waals surface area contributed by atoms with Gasteiger partial charge in [-0.25, -0.2) is 8.78 Å². The third-order valence-electron chi connectivity index (χ3n) is 1.59. The van der Waals surface area contributed by atoms with Gasteiger partial charge in [-0.05, 0) is 0 Å². The van der Waals surface area contributed by atoms with Crippen LogP contribution in [0.5, 0.6) is 5.88 Å². The van der Waals surface area contributed by atoms with E-state index in [9.17, 15) is 36.5 Å². The summed E-state index contributed by atoms with van der Waals surface area (Å²) in [6.45, 7) is 0. The summed E-state index contributed by atoms with van der Waals surface area (Å²) in [6.07, 6.45) is -8.98. The van der Waals surface area contributed by atoms with E-state index in [0.717, 1.165) is 0 Å². The Hall–Kier alpha value is -2.07. The zero-order valence-corrected chi connectivity index (χ0v) is 8.04. The molecule has 0 atom stereocenters. The number of pyridine rings is 1. The van der Waals surface area contributed by atoms with Crippen LogP contribution >= 0.6 is 0 Å². The van der Waals surface area contributed by atoms with Crippen LogP contribution in [-0.4, -0.2) is 16.3 Å². The van der Waals surface area contributed by atoms with E-state index in [2.05, 4.69) is 9.72 Å². The van der Waals surface area contributed by atoms with Crippen molar-refractivity contribution in [1.82, 2.24) is 4.98 Å². The monoisotopic (exact) mass is 276 g/mol. The van der Waals surface area contributed by atoms with Crippen molar-refractivity contribution < 1.29 is 36.0 Å². The molecule has 5 nitrogen and oxygen atoms in total. The molecule has 1 heterocycles. The molecule has 0 aliphatic rings. The fraction of sp³-hybridized carbons (Fsp3) is 0.286. The highest BCUT2D eigenvalue weighted by Gasteiger charge is 2.38. The van der Waals surface area contributed by atoms with E-state index < -0.39 is 40.8 Å². The SMILES string of the molecule is O=[N+]([O-])c1c(C(F)F)cc(F)nc1OC(F)(F)F. The first-order chi connectivity index (χ1) is 8.11. The highest BCUT2D eigenvalue weighted by molar-refractivity contribution is 5.49. The molecule has 1 aromatic rings. The maximum absolute atomic E-state index is 12.7. The summed E-state index contributed by atoms with van der Waals surface area (Å²) in [7, 11) is 0. The highest BCUT2D eigenvalue weighted by Crippen LogP contribution is 2.37. The second-order valence-corrected chi connectivity index (χ2v) is 2.79. The van der Waals surface area contributed by atoms with Gasteiger partial charge in [-0.2, -0.15) is 9.37 Å². The summed E-state index contributed by atoms with van der Waals surface area (Å²) in [5.41, 5.74) is -3.28. The summed E-state index contributed by atoms with van der Waals surface area (Å²) in [4.78, 5) is 11.3. The number of aromatic nitrogens is 1. The largest absolute Gasteiger partial charge is 0.574 e. The standard InChI is InChI=1S/C7H2F6N2O3/c8-3-1-2(5(9)10)4(15(16)17)6(14-3)18-7(11,12)13/h1,5H. The molecule has 0 saturated carbocycles. The number of nitrogens with zero attached hydrogens (tertiary/aromatic N) is 2. The molecule has 0 N–H and O–H groups in total. The molecule has 0 radical (unpaired) electrons. The van der Waals surface area contributed by atoms with Gasteiger partial charge in [0.2, 0.25) is 5.95 Å². The van der Waals surface area contributed by atoms with Crippen molar-refractivity contribution in [2.75, 3.05) is 0 Å². The summed E-state index contributed by atoms with van der Waals surface area (Å²) in [6, 6.07) is -0.0357. The number of halogens is 6. The fourth-order valence-electron chi connectivity index (χ4n) is 1.03. The van der Waals surface area contributed by atoms with Crippen molar-refractivity contribution in [3.8, 4) is 5.88 Å². The molecule has 0 saturated heterocycles. The molecule has 1 rings (SSSR count). The molecule has 0 unspecified atom stereocenters. The predicted octanol–water partition coefficient (Wildman–Crippen LogP) is 2.97. The minimum Gasteiger partial charge on any atom is -0.380 e. The summed E-state index contributed by atoms with van der Waals surface area (Å²) >= 11 is 0. The number of rotatable bonds is 3. The molecule has 18 heavy (non-hydrogen) atoms. The second kappa shape index (κ2) is 4.66. The lowest BCUT2D eigenvalue weighted by Gasteiger charge is -2.10. The van der Waals surface area contributed by atoms with Gasteiger partial charge in [-0.15, -0.1) is 13.2 Å². The number of hydrogen-bond acceptors (Lipinski definition) is 4. The summed E-state index contributed by atoms with van der Waals surface area (Å²) in [5.74, 6) is -3.63. The van der Waals surface area contributed by atoms with E-state index in [1.54, 1.807) is 0 Å². The van der Waals surface area contributed by atoms with E-state index in [4.69, 9.17) is 0 Å². The zero-order chi connectivity index (χ0) is 14.1. The Kier molecular flexibility index (Phi) is 3.62. The Balaban J connectivity index is 3.44. The van der Waals surface area contributed by atoms with E-state index in [-0.39, 0.29) is 6.07 Å². The molecule has 100 valence electrons. The van der Waals surface area contributed by atoms with Crippen LogP contribution in [0.2, 0.25) is 0 Å². The van der Waals surface area contributed by atoms with Gasteiger partial charge in [0.25, 0.3) is 6.43 Å². The van der Waals surface area contributed by atoms with Crippen molar-refractivity contribution in [3.63, 3.8) is 0 Å². The third-order valence-corrected chi connectivity index (χ3v) is 1.59. The van der Waals surface area contributed by atoms with E-state index in [1.165, 1.54) is 0 Å². The van der Waals surface area contributed by atoms with Crippen LogP contribution in [-0.2, 0) is 0 Å². The first-order valence-corrected chi connectivity index (χ1v) is 4.00. The van der Waals surface area contributed by atoms with Gasteiger partial charge < -0.3 is 4.74 Å². The van der Waals surface area contributed by atoms with Crippen molar-refractivity contribution in [3.05, 3.63) is 27.7 Å².